The fraction of sp³-hybridized carbons (Fsp3) is 0.769. The monoisotopic (exact) mass is 222 g/mol. The van der Waals surface area contributed by atoms with Gasteiger partial charge in [-0.1, -0.05) is 19.8 Å². The molecule has 0 aromatic carbocycles. The number of carbonyl (C=O) groups is 1. The van der Waals surface area contributed by atoms with Crippen LogP contribution >= 0.6 is 0 Å². The average Bonchev–Trinajstić information content (AvgIpc) is 2.75. The molecule has 0 heterocycles. The maximum atomic E-state index is 11.6. The van der Waals surface area contributed by atoms with E-state index in [1.807, 2.05) is 0 Å². The standard InChI is InChI=1S/C13H22N2O/c1-3-7-11(14)12(16)15-10-13(4-2)8-5-6-9-13/h1,11H,4-10,14H2,2H3,(H,15,16). The van der Waals surface area contributed by atoms with Crippen LogP contribution in [0.1, 0.15) is 45.4 Å². The van der Waals surface area contributed by atoms with E-state index >= 15 is 0 Å². The molecule has 1 rings (SSSR count). The SMILES string of the molecule is C#CCC(N)C(=O)NCC1(CC)CCCC1. The quantitative estimate of drug-likeness (QED) is 0.691. The summed E-state index contributed by atoms with van der Waals surface area (Å²) in [5.41, 5.74) is 5.95. The number of amides is 1. The molecule has 1 unspecified atom stereocenters. The lowest BCUT2D eigenvalue weighted by Gasteiger charge is -2.28. The molecule has 0 radical (unpaired) electrons. The smallest absolute Gasteiger partial charge is 0.237 e. The third-order valence-electron chi connectivity index (χ3n) is 3.73. The molecule has 90 valence electrons. The predicted octanol–water partition coefficient (Wildman–Crippen LogP) is 1.42. The Morgan fingerprint density at radius 2 is 2.19 bits per heavy atom. The van der Waals surface area contributed by atoms with Gasteiger partial charge in [0.1, 0.15) is 0 Å². The summed E-state index contributed by atoms with van der Waals surface area (Å²) in [5, 5.41) is 2.94. The van der Waals surface area contributed by atoms with E-state index in [4.69, 9.17) is 12.2 Å². The average molecular weight is 222 g/mol. The summed E-state index contributed by atoms with van der Waals surface area (Å²) < 4.78 is 0. The van der Waals surface area contributed by atoms with Crippen molar-refractivity contribution in [2.24, 2.45) is 11.1 Å². The Labute approximate surface area is 98.2 Å². The van der Waals surface area contributed by atoms with Gasteiger partial charge in [-0.2, -0.15) is 0 Å². The van der Waals surface area contributed by atoms with E-state index in [0.717, 1.165) is 13.0 Å². The molecule has 0 bridgehead atoms. The van der Waals surface area contributed by atoms with Gasteiger partial charge in [-0.15, -0.1) is 12.3 Å². The van der Waals surface area contributed by atoms with E-state index in [9.17, 15) is 4.79 Å². The first kappa shape index (κ1) is 13.1. The van der Waals surface area contributed by atoms with E-state index in [2.05, 4.69) is 18.2 Å². The highest BCUT2D eigenvalue weighted by Crippen LogP contribution is 2.40. The third kappa shape index (κ3) is 3.24. The number of rotatable bonds is 5. The van der Waals surface area contributed by atoms with Crippen molar-refractivity contribution in [2.45, 2.75) is 51.5 Å². The van der Waals surface area contributed by atoms with Gasteiger partial charge in [-0.3, -0.25) is 4.79 Å². The van der Waals surface area contributed by atoms with Crippen molar-refractivity contribution in [2.75, 3.05) is 6.54 Å². The molecule has 1 fully saturated rings. The Balaban J connectivity index is 2.38. The van der Waals surface area contributed by atoms with Gasteiger partial charge in [0, 0.05) is 13.0 Å². The van der Waals surface area contributed by atoms with Crippen molar-refractivity contribution in [1.29, 1.82) is 0 Å². The van der Waals surface area contributed by atoms with Crippen LogP contribution in [0.15, 0.2) is 0 Å². The van der Waals surface area contributed by atoms with Crippen LogP contribution in [0.2, 0.25) is 0 Å². The van der Waals surface area contributed by atoms with Crippen LogP contribution in [-0.2, 0) is 4.79 Å². The molecule has 3 N–H and O–H groups in total. The van der Waals surface area contributed by atoms with Gasteiger partial charge in [-0.25, -0.2) is 0 Å². The number of carbonyl (C=O) groups excluding carboxylic acids is 1. The lowest BCUT2D eigenvalue weighted by Crippen LogP contribution is -2.44. The predicted molar refractivity (Wildman–Crippen MR) is 65.6 cm³/mol. The van der Waals surface area contributed by atoms with Gasteiger partial charge in [0.15, 0.2) is 0 Å². The molecule has 1 aliphatic rings. The summed E-state index contributed by atoms with van der Waals surface area (Å²) in [7, 11) is 0. The van der Waals surface area contributed by atoms with Crippen LogP contribution in [0.25, 0.3) is 0 Å². The molecular formula is C13H22N2O. The first-order chi connectivity index (χ1) is 7.63. The van der Waals surface area contributed by atoms with Gasteiger partial charge >= 0.3 is 0 Å². The lowest BCUT2D eigenvalue weighted by molar-refractivity contribution is -0.122. The minimum atomic E-state index is -0.555. The number of hydrogen-bond acceptors (Lipinski definition) is 2. The molecule has 0 aliphatic heterocycles. The highest BCUT2D eigenvalue weighted by atomic mass is 16.2. The fourth-order valence-electron chi connectivity index (χ4n) is 2.41. The van der Waals surface area contributed by atoms with Crippen molar-refractivity contribution < 1.29 is 4.79 Å². The molecule has 16 heavy (non-hydrogen) atoms. The van der Waals surface area contributed by atoms with E-state index in [1.54, 1.807) is 0 Å². The van der Waals surface area contributed by atoms with E-state index < -0.39 is 6.04 Å². The summed E-state index contributed by atoms with van der Waals surface area (Å²) in [6.07, 6.45) is 11.5. The first-order valence-corrected chi connectivity index (χ1v) is 6.10. The maximum absolute atomic E-state index is 11.6. The number of hydrogen-bond donors (Lipinski definition) is 2. The summed E-state index contributed by atoms with van der Waals surface area (Å²) in [5.74, 6) is 2.30. The molecular weight excluding hydrogens is 200 g/mol. The van der Waals surface area contributed by atoms with Crippen molar-refractivity contribution in [3.05, 3.63) is 0 Å². The molecule has 3 heteroatoms. The number of terminal acetylenes is 1. The van der Waals surface area contributed by atoms with Gasteiger partial charge in [0.2, 0.25) is 5.91 Å². The van der Waals surface area contributed by atoms with Crippen molar-refractivity contribution in [3.8, 4) is 12.3 Å². The maximum Gasteiger partial charge on any atom is 0.237 e. The van der Waals surface area contributed by atoms with Crippen LogP contribution in [0.3, 0.4) is 0 Å². The highest BCUT2D eigenvalue weighted by molar-refractivity contribution is 5.81. The van der Waals surface area contributed by atoms with E-state index in [-0.39, 0.29) is 5.91 Å². The van der Waals surface area contributed by atoms with Gasteiger partial charge in [-0.05, 0) is 24.7 Å². The molecule has 0 aromatic heterocycles. The van der Waals surface area contributed by atoms with Crippen molar-refractivity contribution in [1.82, 2.24) is 5.32 Å². The van der Waals surface area contributed by atoms with Gasteiger partial charge < -0.3 is 11.1 Å². The first-order valence-electron chi connectivity index (χ1n) is 6.10. The zero-order valence-electron chi connectivity index (χ0n) is 10.1. The summed E-state index contributed by atoms with van der Waals surface area (Å²) in [6, 6.07) is -0.555. The molecule has 1 saturated carbocycles. The number of nitrogens with one attached hydrogen (secondary N) is 1. The Morgan fingerprint density at radius 3 is 2.69 bits per heavy atom. The van der Waals surface area contributed by atoms with Crippen LogP contribution in [0.4, 0.5) is 0 Å². The summed E-state index contributed by atoms with van der Waals surface area (Å²) in [6.45, 7) is 2.94. The third-order valence-corrected chi connectivity index (χ3v) is 3.73. The van der Waals surface area contributed by atoms with Gasteiger partial charge in [0.05, 0.1) is 6.04 Å². The Morgan fingerprint density at radius 1 is 1.56 bits per heavy atom. The van der Waals surface area contributed by atoms with Crippen LogP contribution < -0.4 is 11.1 Å². The minimum absolute atomic E-state index is 0.113. The minimum Gasteiger partial charge on any atom is -0.354 e. The lowest BCUT2D eigenvalue weighted by atomic mass is 9.83. The topological polar surface area (TPSA) is 55.1 Å². The number of nitrogens with two attached hydrogens (primary N) is 1. The Bertz CT molecular complexity index is 274. The Hall–Kier alpha value is -1.01. The van der Waals surface area contributed by atoms with Crippen LogP contribution in [0.5, 0.6) is 0 Å². The highest BCUT2D eigenvalue weighted by Gasteiger charge is 2.32. The summed E-state index contributed by atoms with van der Waals surface area (Å²) >= 11 is 0. The molecule has 3 nitrogen and oxygen atoms in total. The second-order valence-corrected chi connectivity index (χ2v) is 4.79. The van der Waals surface area contributed by atoms with Crippen LogP contribution in [0, 0.1) is 17.8 Å². The van der Waals surface area contributed by atoms with E-state index in [0.29, 0.717) is 11.8 Å². The molecule has 1 amide bonds. The normalized spacial score (nSPS) is 20.1. The Kier molecular flexibility index (Phi) is 4.82. The second-order valence-electron chi connectivity index (χ2n) is 4.79. The van der Waals surface area contributed by atoms with Crippen molar-refractivity contribution >= 4 is 5.91 Å². The molecule has 0 aromatic rings. The van der Waals surface area contributed by atoms with E-state index in [1.165, 1.54) is 25.7 Å². The molecule has 1 atom stereocenters. The zero-order valence-corrected chi connectivity index (χ0v) is 10.1. The molecule has 0 saturated heterocycles. The van der Waals surface area contributed by atoms with Crippen LogP contribution in [-0.4, -0.2) is 18.5 Å². The van der Waals surface area contributed by atoms with Crippen molar-refractivity contribution in [3.63, 3.8) is 0 Å². The largest absolute Gasteiger partial charge is 0.354 e. The van der Waals surface area contributed by atoms with Gasteiger partial charge in [0.25, 0.3) is 0 Å². The summed E-state index contributed by atoms with van der Waals surface area (Å²) in [4.78, 5) is 11.6. The second kappa shape index (κ2) is 5.91. The molecule has 0 spiro atoms. The molecule has 1 aliphatic carbocycles. The zero-order chi connectivity index (χ0) is 12.0. The fourth-order valence-corrected chi connectivity index (χ4v) is 2.41.